The minimum atomic E-state index is -2.09. The Balaban J connectivity index is 2.35. The Bertz CT molecular complexity index is 802. The fourth-order valence-electron chi connectivity index (χ4n) is 2.65. The van der Waals surface area contributed by atoms with Crippen LogP contribution in [0.5, 0.6) is 0 Å². The molecule has 9 heteroatoms. The summed E-state index contributed by atoms with van der Waals surface area (Å²) in [6.45, 7) is 12.3. The van der Waals surface area contributed by atoms with E-state index < -0.39 is 31.9 Å². The van der Waals surface area contributed by atoms with E-state index in [2.05, 4.69) is 38.8 Å². The highest BCUT2D eigenvalue weighted by atomic mass is 28.4. The first kappa shape index (κ1) is 20.6. The molecule has 0 aliphatic carbocycles. The second kappa shape index (κ2) is 7.13. The molecule has 3 atom stereocenters. The number of aromatic nitrogens is 2. The SMILES string of the molecule is Cc1cn(C2CC(O[Si](C)(C)C(C)(C)C)C(/C=[N+](\C)[O-])O2)c(=O)[nH]c1=O. The molecule has 1 aliphatic rings. The molecule has 1 aromatic heterocycles. The Labute approximate surface area is 154 Å². The van der Waals surface area contributed by atoms with Crippen molar-refractivity contribution in [1.82, 2.24) is 9.55 Å². The lowest BCUT2D eigenvalue weighted by atomic mass is 10.2. The summed E-state index contributed by atoms with van der Waals surface area (Å²) in [5, 5.41) is 11.5. The quantitative estimate of drug-likeness (QED) is 0.281. The number of aromatic amines is 1. The van der Waals surface area contributed by atoms with Gasteiger partial charge in [-0.2, -0.15) is 0 Å². The van der Waals surface area contributed by atoms with Crippen LogP contribution in [-0.4, -0.2) is 48.1 Å². The first-order valence-electron chi connectivity index (χ1n) is 8.72. The number of rotatable bonds is 4. The predicted octanol–water partition coefficient (Wildman–Crippen LogP) is 1.73. The van der Waals surface area contributed by atoms with Crippen LogP contribution in [-0.2, 0) is 9.16 Å². The zero-order chi connectivity index (χ0) is 19.9. The van der Waals surface area contributed by atoms with E-state index >= 15 is 0 Å². The number of nitrogens with zero attached hydrogens (tertiary/aromatic N) is 2. The smallest absolute Gasteiger partial charge is 0.330 e. The van der Waals surface area contributed by atoms with Crippen molar-refractivity contribution in [1.29, 1.82) is 0 Å². The Morgan fingerprint density at radius 3 is 2.58 bits per heavy atom. The second-order valence-corrected chi connectivity index (χ2v) is 13.1. The average Bonchev–Trinajstić information content (AvgIpc) is 2.82. The van der Waals surface area contributed by atoms with Gasteiger partial charge in [-0.15, -0.1) is 0 Å². The summed E-state index contributed by atoms with van der Waals surface area (Å²) in [4.78, 5) is 26.1. The van der Waals surface area contributed by atoms with Crippen LogP contribution >= 0.6 is 0 Å². The molecule has 2 rings (SSSR count). The fourth-order valence-corrected chi connectivity index (χ4v) is 3.99. The second-order valence-electron chi connectivity index (χ2n) is 8.38. The molecule has 0 aromatic carbocycles. The average molecular weight is 384 g/mol. The van der Waals surface area contributed by atoms with E-state index in [1.54, 1.807) is 6.92 Å². The van der Waals surface area contributed by atoms with Crippen molar-refractivity contribution in [3.05, 3.63) is 37.8 Å². The molecule has 0 saturated carbocycles. The maximum atomic E-state index is 12.2. The zero-order valence-corrected chi connectivity index (χ0v) is 17.5. The number of hydrogen-bond donors (Lipinski definition) is 1. The highest BCUT2D eigenvalue weighted by Gasteiger charge is 2.45. The van der Waals surface area contributed by atoms with Gasteiger partial charge in [0, 0.05) is 18.2 Å². The standard InChI is InChI=1S/C17H29N3O5Si/c1-11-9-20(16(22)18-15(11)21)14-8-12(13(24-14)10-19(5)23)25-26(6,7)17(2,3)4/h9-10,12-14H,8H2,1-7H3,(H,18,21,22)/b19-10+. The molecular formula is C17H29N3O5Si. The molecule has 2 heterocycles. The van der Waals surface area contributed by atoms with Crippen LogP contribution in [0.4, 0.5) is 0 Å². The normalized spacial score (nSPS) is 24.9. The predicted molar refractivity (Wildman–Crippen MR) is 102 cm³/mol. The summed E-state index contributed by atoms with van der Waals surface area (Å²) in [6, 6.07) is 0. The van der Waals surface area contributed by atoms with Gasteiger partial charge in [-0.05, 0) is 25.1 Å². The number of hydroxylamine groups is 1. The third-order valence-corrected chi connectivity index (χ3v) is 9.68. The van der Waals surface area contributed by atoms with Gasteiger partial charge < -0.3 is 14.4 Å². The largest absolute Gasteiger partial charge is 0.624 e. The lowest BCUT2D eigenvalue weighted by molar-refractivity contribution is -0.421. The molecule has 0 radical (unpaired) electrons. The molecule has 146 valence electrons. The third-order valence-electron chi connectivity index (χ3n) is 5.18. The van der Waals surface area contributed by atoms with Crippen LogP contribution in [0.3, 0.4) is 0 Å². The number of hydrogen-bond acceptors (Lipinski definition) is 5. The Hall–Kier alpha value is -1.71. The molecule has 1 aromatic rings. The van der Waals surface area contributed by atoms with Crippen molar-refractivity contribution in [2.45, 2.75) is 70.7 Å². The van der Waals surface area contributed by atoms with E-state index in [1.807, 2.05) is 0 Å². The first-order chi connectivity index (χ1) is 11.8. The lowest BCUT2D eigenvalue weighted by Crippen LogP contribution is -2.46. The molecule has 0 amide bonds. The van der Waals surface area contributed by atoms with Crippen molar-refractivity contribution in [2.75, 3.05) is 7.05 Å². The van der Waals surface area contributed by atoms with Gasteiger partial charge in [0.25, 0.3) is 5.56 Å². The van der Waals surface area contributed by atoms with Gasteiger partial charge in [0.1, 0.15) is 13.3 Å². The summed E-state index contributed by atoms with van der Waals surface area (Å²) in [6.07, 6.45) is 1.83. The summed E-state index contributed by atoms with van der Waals surface area (Å²) < 4.78 is 14.4. The first-order valence-corrected chi connectivity index (χ1v) is 11.6. The molecule has 1 N–H and O–H groups in total. The van der Waals surface area contributed by atoms with E-state index in [9.17, 15) is 14.8 Å². The van der Waals surface area contributed by atoms with Gasteiger partial charge in [0.05, 0.1) is 6.10 Å². The molecule has 1 saturated heterocycles. The lowest BCUT2D eigenvalue weighted by Gasteiger charge is -2.38. The van der Waals surface area contributed by atoms with Gasteiger partial charge in [0.15, 0.2) is 20.6 Å². The van der Waals surface area contributed by atoms with Crippen LogP contribution < -0.4 is 11.2 Å². The van der Waals surface area contributed by atoms with Crippen molar-refractivity contribution in [3.8, 4) is 0 Å². The van der Waals surface area contributed by atoms with E-state index in [-0.39, 0.29) is 11.1 Å². The van der Waals surface area contributed by atoms with Crippen LogP contribution in [0.1, 0.15) is 39.0 Å². The minimum absolute atomic E-state index is 0.00438. The van der Waals surface area contributed by atoms with Crippen molar-refractivity contribution >= 4 is 14.5 Å². The topological polar surface area (TPSA) is 99.4 Å². The Morgan fingerprint density at radius 2 is 2.04 bits per heavy atom. The molecule has 1 fully saturated rings. The van der Waals surface area contributed by atoms with Crippen LogP contribution in [0.15, 0.2) is 15.8 Å². The molecular weight excluding hydrogens is 354 g/mol. The maximum absolute atomic E-state index is 12.2. The summed E-state index contributed by atoms with van der Waals surface area (Å²) in [5.41, 5.74) is -0.531. The van der Waals surface area contributed by atoms with E-state index in [0.29, 0.717) is 16.7 Å². The maximum Gasteiger partial charge on any atom is 0.330 e. The minimum Gasteiger partial charge on any atom is -0.624 e. The molecule has 8 nitrogen and oxygen atoms in total. The van der Waals surface area contributed by atoms with Gasteiger partial charge in [-0.25, -0.2) is 9.53 Å². The Morgan fingerprint density at radius 1 is 1.42 bits per heavy atom. The molecule has 26 heavy (non-hydrogen) atoms. The number of H-pyrrole nitrogens is 1. The number of ether oxygens (including phenoxy) is 1. The van der Waals surface area contributed by atoms with Crippen LogP contribution in [0.25, 0.3) is 0 Å². The van der Waals surface area contributed by atoms with Crippen molar-refractivity contribution in [3.63, 3.8) is 0 Å². The van der Waals surface area contributed by atoms with Crippen molar-refractivity contribution < 1.29 is 13.9 Å². The highest BCUT2D eigenvalue weighted by Crippen LogP contribution is 2.40. The number of aryl methyl sites for hydroxylation is 1. The molecule has 3 unspecified atom stereocenters. The Kier molecular flexibility index (Phi) is 5.65. The van der Waals surface area contributed by atoms with Gasteiger partial charge in [0.2, 0.25) is 0 Å². The number of nitrogens with one attached hydrogen (secondary N) is 1. The van der Waals surface area contributed by atoms with Crippen molar-refractivity contribution in [2.24, 2.45) is 0 Å². The fraction of sp³-hybridized carbons (Fsp3) is 0.706. The zero-order valence-electron chi connectivity index (χ0n) is 16.5. The van der Waals surface area contributed by atoms with Gasteiger partial charge in [-0.1, -0.05) is 20.8 Å². The summed E-state index contributed by atoms with van der Waals surface area (Å²) in [7, 11) is -0.707. The van der Waals surface area contributed by atoms with Gasteiger partial charge in [-0.3, -0.25) is 14.3 Å². The summed E-state index contributed by atoms with van der Waals surface area (Å²) in [5.74, 6) is 0. The van der Waals surface area contributed by atoms with Crippen LogP contribution in [0, 0.1) is 12.1 Å². The van der Waals surface area contributed by atoms with E-state index in [1.165, 1.54) is 24.0 Å². The van der Waals surface area contributed by atoms with Gasteiger partial charge >= 0.3 is 5.69 Å². The van der Waals surface area contributed by atoms with E-state index in [0.717, 1.165) is 0 Å². The molecule has 1 aliphatic heterocycles. The molecule has 0 bridgehead atoms. The monoisotopic (exact) mass is 383 g/mol. The van der Waals surface area contributed by atoms with E-state index in [4.69, 9.17) is 9.16 Å². The third kappa shape index (κ3) is 4.33. The summed E-state index contributed by atoms with van der Waals surface area (Å²) >= 11 is 0. The van der Waals surface area contributed by atoms with Crippen LogP contribution in [0.2, 0.25) is 18.1 Å². The molecule has 0 spiro atoms. The highest BCUT2D eigenvalue weighted by molar-refractivity contribution is 6.74.